The highest BCUT2D eigenvalue weighted by Crippen LogP contribution is 2.14. The molecular weight excluding hydrogens is 532 g/mol. The molecule has 248 valence electrons. The number of carbonyl (C=O) groups excluding carboxylic acids is 2. The molecule has 0 saturated heterocycles. The summed E-state index contributed by atoms with van der Waals surface area (Å²) in [4.78, 5) is 23.8. The zero-order chi connectivity index (χ0) is 31.1. The molecule has 3 atom stereocenters. The Morgan fingerprint density at radius 2 is 0.976 bits per heavy atom. The van der Waals surface area contributed by atoms with Crippen LogP contribution in [-0.4, -0.2) is 58.8 Å². The van der Waals surface area contributed by atoms with E-state index in [9.17, 15) is 24.9 Å². The van der Waals surface area contributed by atoms with E-state index in [4.69, 9.17) is 9.47 Å². The van der Waals surface area contributed by atoms with Gasteiger partial charge in [0.1, 0.15) is 19.3 Å². The van der Waals surface area contributed by atoms with Crippen molar-refractivity contribution in [1.29, 1.82) is 0 Å². The summed E-state index contributed by atoms with van der Waals surface area (Å²) in [6.07, 6.45) is 25.7. The molecule has 0 bridgehead atoms. The molecule has 0 radical (unpaired) electrons. The molecule has 0 heterocycles. The number of aliphatic hydroxyl groups excluding tert-OH is 3. The van der Waals surface area contributed by atoms with Crippen molar-refractivity contribution in [3.05, 3.63) is 12.2 Å². The minimum atomic E-state index is -1.01. The van der Waals surface area contributed by atoms with E-state index in [2.05, 4.69) is 19.9 Å². The maximum atomic E-state index is 11.9. The lowest BCUT2D eigenvalue weighted by Gasteiger charge is -2.16. The molecule has 0 aliphatic heterocycles. The lowest BCUT2D eigenvalue weighted by Crippen LogP contribution is -2.25. The van der Waals surface area contributed by atoms with Crippen molar-refractivity contribution in [3.63, 3.8) is 0 Å². The Morgan fingerprint density at radius 1 is 0.548 bits per heavy atom. The second-order valence-corrected chi connectivity index (χ2v) is 11.9. The fraction of sp³-hybridized carbons (Fsp3) is 0.886. The highest BCUT2D eigenvalue weighted by Gasteiger charge is 2.14. The van der Waals surface area contributed by atoms with E-state index in [1.54, 1.807) is 0 Å². The maximum absolute atomic E-state index is 11.9. The molecule has 7 heteroatoms. The summed E-state index contributed by atoms with van der Waals surface area (Å²) in [6, 6.07) is 0. The fourth-order valence-corrected chi connectivity index (χ4v) is 4.87. The Balaban J connectivity index is 3.58. The largest absolute Gasteiger partial charge is 0.463 e. The second kappa shape index (κ2) is 31.0. The molecular formula is C35H66O7. The molecule has 0 aromatic rings. The predicted octanol–water partition coefficient (Wildman–Crippen LogP) is 8.11. The van der Waals surface area contributed by atoms with Crippen LogP contribution in [0.3, 0.4) is 0 Å². The first-order valence-electron chi connectivity index (χ1n) is 17.4. The van der Waals surface area contributed by atoms with Gasteiger partial charge in [0.2, 0.25) is 0 Å². The van der Waals surface area contributed by atoms with Gasteiger partial charge in [-0.1, -0.05) is 129 Å². The van der Waals surface area contributed by atoms with E-state index in [1.165, 1.54) is 70.6 Å². The normalized spacial score (nSPS) is 13.7. The summed E-state index contributed by atoms with van der Waals surface area (Å²) in [6.45, 7) is 4.09. The molecule has 0 aliphatic carbocycles. The third-order valence-electron chi connectivity index (χ3n) is 7.70. The number of aliphatic hydroxyl groups is 3. The SMILES string of the molecule is CCCCC/C=C\C[C@@H](O)[C@H](O)CCCCCCCC(=O)OC[C@H](O)COC(=O)CCCCCCCCCCCCC. The van der Waals surface area contributed by atoms with Gasteiger partial charge in [-0.3, -0.25) is 9.59 Å². The van der Waals surface area contributed by atoms with Gasteiger partial charge in [-0.05, 0) is 38.5 Å². The minimum absolute atomic E-state index is 0.153. The van der Waals surface area contributed by atoms with E-state index in [-0.39, 0.29) is 31.6 Å². The third kappa shape index (κ3) is 28.7. The summed E-state index contributed by atoms with van der Waals surface area (Å²) in [5, 5.41) is 30.1. The van der Waals surface area contributed by atoms with Crippen LogP contribution in [0.4, 0.5) is 0 Å². The van der Waals surface area contributed by atoms with Gasteiger partial charge in [-0.15, -0.1) is 0 Å². The molecule has 7 nitrogen and oxygen atoms in total. The lowest BCUT2D eigenvalue weighted by atomic mass is 10.0. The Hall–Kier alpha value is -1.44. The zero-order valence-corrected chi connectivity index (χ0v) is 27.2. The monoisotopic (exact) mass is 598 g/mol. The number of unbranched alkanes of at least 4 members (excludes halogenated alkanes) is 17. The van der Waals surface area contributed by atoms with Crippen molar-refractivity contribution in [2.75, 3.05) is 13.2 Å². The third-order valence-corrected chi connectivity index (χ3v) is 7.70. The molecule has 0 unspecified atom stereocenters. The van der Waals surface area contributed by atoms with Crippen LogP contribution in [0.15, 0.2) is 12.2 Å². The Bertz CT molecular complexity index is 637. The zero-order valence-electron chi connectivity index (χ0n) is 27.2. The van der Waals surface area contributed by atoms with Gasteiger partial charge in [0.25, 0.3) is 0 Å². The number of hydrogen-bond donors (Lipinski definition) is 3. The highest BCUT2D eigenvalue weighted by molar-refractivity contribution is 5.69. The second-order valence-electron chi connectivity index (χ2n) is 11.9. The van der Waals surface area contributed by atoms with Gasteiger partial charge in [-0.2, -0.15) is 0 Å². The lowest BCUT2D eigenvalue weighted by molar-refractivity contribution is -0.152. The van der Waals surface area contributed by atoms with Crippen molar-refractivity contribution >= 4 is 11.9 Å². The van der Waals surface area contributed by atoms with Crippen molar-refractivity contribution in [3.8, 4) is 0 Å². The first-order chi connectivity index (χ1) is 20.4. The van der Waals surface area contributed by atoms with Crippen molar-refractivity contribution in [1.82, 2.24) is 0 Å². The van der Waals surface area contributed by atoms with Crippen LogP contribution < -0.4 is 0 Å². The molecule has 42 heavy (non-hydrogen) atoms. The van der Waals surface area contributed by atoms with Crippen LogP contribution in [0.25, 0.3) is 0 Å². The highest BCUT2D eigenvalue weighted by atomic mass is 16.6. The topological polar surface area (TPSA) is 113 Å². The predicted molar refractivity (Wildman–Crippen MR) is 171 cm³/mol. The smallest absolute Gasteiger partial charge is 0.305 e. The average molecular weight is 599 g/mol. The van der Waals surface area contributed by atoms with Crippen LogP contribution in [0, 0.1) is 0 Å². The van der Waals surface area contributed by atoms with Crippen LogP contribution >= 0.6 is 0 Å². The maximum Gasteiger partial charge on any atom is 0.305 e. The summed E-state index contributed by atoms with van der Waals surface area (Å²) >= 11 is 0. The van der Waals surface area contributed by atoms with Gasteiger partial charge >= 0.3 is 11.9 Å². The van der Waals surface area contributed by atoms with Gasteiger partial charge in [0, 0.05) is 12.8 Å². The fourth-order valence-electron chi connectivity index (χ4n) is 4.87. The number of allylic oxidation sites excluding steroid dienone is 1. The van der Waals surface area contributed by atoms with E-state index >= 15 is 0 Å². The quantitative estimate of drug-likeness (QED) is 0.0419. The number of carbonyl (C=O) groups is 2. The van der Waals surface area contributed by atoms with Crippen molar-refractivity contribution < 1.29 is 34.4 Å². The molecule has 0 fully saturated rings. The average Bonchev–Trinajstić information content (AvgIpc) is 2.98. The number of ether oxygens (including phenoxy) is 2. The molecule has 0 aromatic carbocycles. The Kier molecular flexibility index (Phi) is 29.9. The van der Waals surface area contributed by atoms with Gasteiger partial charge < -0.3 is 24.8 Å². The van der Waals surface area contributed by atoms with Gasteiger partial charge in [0.15, 0.2) is 0 Å². The number of esters is 2. The minimum Gasteiger partial charge on any atom is -0.463 e. The summed E-state index contributed by atoms with van der Waals surface area (Å²) in [5.74, 6) is -0.671. The van der Waals surface area contributed by atoms with Crippen LogP contribution in [0.2, 0.25) is 0 Å². The van der Waals surface area contributed by atoms with Crippen LogP contribution in [0.5, 0.6) is 0 Å². The van der Waals surface area contributed by atoms with Gasteiger partial charge in [-0.25, -0.2) is 0 Å². The van der Waals surface area contributed by atoms with E-state index in [1.807, 2.05) is 6.08 Å². The standard InChI is InChI=1S/C35H66O7/c1-3-5-7-9-11-12-13-14-15-19-23-27-34(39)41-29-31(36)30-42-35(40)28-24-20-16-18-22-26-33(38)32(37)25-21-17-10-8-6-4-2/h17,21,31-33,36-38H,3-16,18-20,22-30H2,1-2H3/b21-17-/t31-,32-,33-/m1/s1. The first kappa shape index (κ1) is 40.6. The Morgan fingerprint density at radius 3 is 1.48 bits per heavy atom. The summed E-state index contributed by atoms with van der Waals surface area (Å²) in [5.41, 5.74) is 0. The van der Waals surface area contributed by atoms with Crippen LogP contribution in [0.1, 0.15) is 168 Å². The first-order valence-corrected chi connectivity index (χ1v) is 17.4. The molecule has 0 aliphatic rings. The molecule has 0 amide bonds. The molecule has 3 N–H and O–H groups in total. The van der Waals surface area contributed by atoms with E-state index < -0.39 is 18.3 Å². The van der Waals surface area contributed by atoms with Crippen molar-refractivity contribution in [2.24, 2.45) is 0 Å². The summed E-state index contributed by atoms with van der Waals surface area (Å²) < 4.78 is 10.2. The van der Waals surface area contributed by atoms with Gasteiger partial charge in [0.05, 0.1) is 12.2 Å². The van der Waals surface area contributed by atoms with E-state index in [0.29, 0.717) is 25.7 Å². The molecule has 0 spiro atoms. The molecule has 0 saturated carbocycles. The van der Waals surface area contributed by atoms with Crippen LogP contribution in [-0.2, 0) is 19.1 Å². The van der Waals surface area contributed by atoms with E-state index in [0.717, 1.165) is 51.4 Å². The Labute approximate surface area is 257 Å². The van der Waals surface area contributed by atoms with Crippen molar-refractivity contribution in [2.45, 2.75) is 186 Å². The molecule has 0 rings (SSSR count). The summed E-state index contributed by atoms with van der Waals surface area (Å²) in [7, 11) is 0. The number of rotatable bonds is 31. The molecule has 0 aromatic heterocycles. The number of hydrogen-bond acceptors (Lipinski definition) is 7.